The first-order chi connectivity index (χ1) is 6.90. The number of aromatic nitrogens is 2. The fourth-order valence-corrected chi connectivity index (χ4v) is 1.42. The highest BCUT2D eigenvalue weighted by Crippen LogP contribution is 2.04. The lowest BCUT2D eigenvalue weighted by Crippen LogP contribution is -2.03. The summed E-state index contributed by atoms with van der Waals surface area (Å²) in [4.78, 5) is 4.04. The maximum Gasteiger partial charge on any atom is 0.134 e. The number of aliphatic hydroxyl groups excluding tert-OH is 1. The van der Waals surface area contributed by atoms with Gasteiger partial charge in [0.05, 0.1) is 0 Å². The summed E-state index contributed by atoms with van der Waals surface area (Å²) in [6.45, 7) is 0.747. The summed E-state index contributed by atoms with van der Waals surface area (Å²) < 4.78 is 1.94. The molecule has 3 heteroatoms. The molecule has 0 saturated carbocycles. The van der Waals surface area contributed by atoms with Crippen LogP contribution < -0.4 is 0 Å². The van der Waals surface area contributed by atoms with E-state index in [0.29, 0.717) is 5.82 Å². The number of benzene rings is 1. The monoisotopic (exact) mass is 188 g/mol. The molecule has 0 aliphatic rings. The number of hydrogen-bond acceptors (Lipinski definition) is 2. The molecule has 0 saturated heterocycles. The average Bonchev–Trinajstić information content (AvgIpc) is 2.67. The zero-order valence-corrected chi connectivity index (χ0v) is 7.80. The number of hydrogen-bond donors (Lipinski definition) is 1. The molecule has 14 heavy (non-hydrogen) atoms. The van der Waals surface area contributed by atoms with E-state index in [1.54, 1.807) is 6.20 Å². The number of nitrogens with zero attached hydrogens (tertiary/aromatic N) is 2. The van der Waals surface area contributed by atoms with Gasteiger partial charge in [-0.15, -0.1) is 0 Å². The van der Waals surface area contributed by atoms with Crippen molar-refractivity contribution in [1.82, 2.24) is 9.55 Å². The zero-order valence-electron chi connectivity index (χ0n) is 7.80. The fourth-order valence-electron chi connectivity index (χ4n) is 1.42. The third kappa shape index (κ3) is 1.83. The average molecular weight is 188 g/mol. The van der Waals surface area contributed by atoms with Gasteiger partial charge in [-0.3, -0.25) is 0 Å². The first-order valence-electron chi connectivity index (χ1n) is 4.55. The van der Waals surface area contributed by atoms with Crippen LogP contribution >= 0.6 is 0 Å². The van der Waals surface area contributed by atoms with Gasteiger partial charge in [-0.1, -0.05) is 30.3 Å². The van der Waals surface area contributed by atoms with Gasteiger partial charge >= 0.3 is 0 Å². The first-order valence-corrected chi connectivity index (χ1v) is 4.55. The lowest BCUT2D eigenvalue weighted by atomic mass is 10.2. The van der Waals surface area contributed by atoms with Gasteiger partial charge in [-0.25, -0.2) is 4.98 Å². The molecule has 0 aliphatic heterocycles. The normalized spacial score (nSPS) is 10.4. The highest BCUT2D eigenvalue weighted by Gasteiger charge is 2.00. The molecule has 0 unspecified atom stereocenters. The number of aliphatic hydroxyl groups is 1. The molecule has 2 aromatic rings. The van der Waals surface area contributed by atoms with Crippen LogP contribution in [-0.2, 0) is 13.2 Å². The van der Waals surface area contributed by atoms with Gasteiger partial charge in [0, 0.05) is 18.9 Å². The molecule has 3 nitrogen and oxygen atoms in total. The van der Waals surface area contributed by atoms with Crippen LogP contribution in [0.15, 0.2) is 42.7 Å². The van der Waals surface area contributed by atoms with E-state index in [1.165, 1.54) is 5.56 Å². The largest absolute Gasteiger partial charge is 0.388 e. The van der Waals surface area contributed by atoms with E-state index in [9.17, 15) is 0 Å². The molecule has 0 spiro atoms. The van der Waals surface area contributed by atoms with Crippen LogP contribution in [0.25, 0.3) is 0 Å². The van der Waals surface area contributed by atoms with Gasteiger partial charge in [0.2, 0.25) is 0 Å². The van der Waals surface area contributed by atoms with E-state index in [4.69, 9.17) is 5.11 Å². The van der Waals surface area contributed by atoms with Crippen molar-refractivity contribution < 1.29 is 5.11 Å². The second-order valence-electron chi connectivity index (χ2n) is 3.12. The molecule has 1 aromatic heterocycles. The van der Waals surface area contributed by atoms with E-state index in [0.717, 1.165) is 6.54 Å². The molecule has 0 atom stereocenters. The van der Waals surface area contributed by atoms with Crippen LogP contribution in [0.1, 0.15) is 11.4 Å². The Morgan fingerprint density at radius 3 is 2.71 bits per heavy atom. The van der Waals surface area contributed by atoms with Gasteiger partial charge in [0.1, 0.15) is 12.4 Å². The van der Waals surface area contributed by atoms with Crippen molar-refractivity contribution in [2.45, 2.75) is 13.2 Å². The molecule has 0 amide bonds. The predicted octanol–water partition coefficient (Wildman–Crippen LogP) is 1.42. The minimum absolute atomic E-state index is 0.0141. The van der Waals surface area contributed by atoms with Crippen LogP contribution in [0.3, 0.4) is 0 Å². The van der Waals surface area contributed by atoms with Crippen molar-refractivity contribution in [3.05, 3.63) is 54.1 Å². The smallest absolute Gasteiger partial charge is 0.134 e. The van der Waals surface area contributed by atoms with Crippen molar-refractivity contribution in [2.24, 2.45) is 0 Å². The highest BCUT2D eigenvalue weighted by atomic mass is 16.3. The van der Waals surface area contributed by atoms with Crippen molar-refractivity contribution in [2.75, 3.05) is 0 Å². The summed E-state index contributed by atoms with van der Waals surface area (Å²) in [6, 6.07) is 10.1. The summed E-state index contributed by atoms with van der Waals surface area (Å²) in [5.74, 6) is 0.703. The van der Waals surface area contributed by atoms with E-state index >= 15 is 0 Å². The van der Waals surface area contributed by atoms with Crippen molar-refractivity contribution >= 4 is 0 Å². The number of imidazole rings is 1. The van der Waals surface area contributed by atoms with E-state index in [1.807, 2.05) is 29.0 Å². The quantitative estimate of drug-likeness (QED) is 0.791. The summed E-state index contributed by atoms with van der Waals surface area (Å²) in [7, 11) is 0. The second-order valence-corrected chi connectivity index (χ2v) is 3.12. The van der Waals surface area contributed by atoms with Crippen LogP contribution in [0.4, 0.5) is 0 Å². The summed E-state index contributed by atoms with van der Waals surface area (Å²) in [5, 5.41) is 9.00. The Bertz CT molecular complexity index is 395. The fraction of sp³-hybridized carbons (Fsp3) is 0.182. The van der Waals surface area contributed by atoms with Crippen molar-refractivity contribution in [1.29, 1.82) is 0 Å². The topological polar surface area (TPSA) is 38.1 Å². The zero-order chi connectivity index (χ0) is 9.80. The van der Waals surface area contributed by atoms with Gasteiger partial charge in [0.15, 0.2) is 0 Å². The second kappa shape index (κ2) is 4.07. The SMILES string of the molecule is OCc1nccn1Cc1ccccc1. The Morgan fingerprint density at radius 1 is 1.21 bits per heavy atom. The van der Waals surface area contributed by atoms with E-state index < -0.39 is 0 Å². The molecule has 72 valence electrons. The molecular weight excluding hydrogens is 176 g/mol. The molecule has 1 heterocycles. The highest BCUT2D eigenvalue weighted by molar-refractivity contribution is 5.15. The molecular formula is C11H12N2O. The molecule has 2 rings (SSSR count). The minimum atomic E-state index is -0.0141. The van der Waals surface area contributed by atoms with Crippen LogP contribution in [0, 0.1) is 0 Å². The van der Waals surface area contributed by atoms with Crippen molar-refractivity contribution in [3.63, 3.8) is 0 Å². The molecule has 0 aliphatic carbocycles. The Kier molecular flexibility index (Phi) is 2.60. The van der Waals surface area contributed by atoms with Gasteiger partial charge in [-0.2, -0.15) is 0 Å². The Labute approximate surface area is 82.7 Å². The van der Waals surface area contributed by atoms with Gasteiger partial charge in [-0.05, 0) is 5.56 Å². The van der Waals surface area contributed by atoms with Crippen LogP contribution in [0.2, 0.25) is 0 Å². The van der Waals surface area contributed by atoms with Crippen LogP contribution in [-0.4, -0.2) is 14.7 Å². The molecule has 0 bridgehead atoms. The number of rotatable bonds is 3. The van der Waals surface area contributed by atoms with Gasteiger partial charge < -0.3 is 9.67 Å². The maximum atomic E-state index is 9.00. The third-order valence-corrected chi connectivity index (χ3v) is 2.14. The maximum absolute atomic E-state index is 9.00. The molecule has 0 fully saturated rings. The summed E-state index contributed by atoms with van der Waals surface area (Å²) in [5.41, 5.74) is 1.21. The summed E-state index contributed by atoms with van der Waals surface area (Å²) >= 11 is 0. The lowest BCUT2D eigenvalue weighted by molar-refractivity contribution is 0.266. The van der Waals surface area contributed by atoms with Crippen LogP contribution in [0.5, 0.6) is 0 Å². The predicted molar refractivity (Wildman–Crippen MR) is 53.7 cm³/mol. The standard InChI is InChI=1S/C11H12N2O/c14-9-11-12-6-7-13(11)8-10-4-2-1-3-5-10/h1-7,14H,8-9H2. The van der Waals surface area contributed by atoms with Crippen molar-refractivity contribution in [3.8, 4) is 0 Å². The van der Waals surface area contributed by atoms with Gasteiger partial charge in [0.25, 0.3) is 0 Å². The lowest BCUT2D eigenvalue weighted by Gasteiger charge is -2.05. The molecule has 0 radical (unpaired) electrons. The Balaban J connectivity index is 2.19. The molecule has 1 N–H and O–H groups in total. The Morgan fingerprint density at radius 2 is 2.00 bits per heavy atom. The first kappa shape index (κ1) is 8.97. The Hall–Kier alpha value is -1.61. The third-order valence-electron chi connectivity index (χ3n) is 2.14. The van der Waals surface area contributed by atoms with E-state index in [2.05, 4.69) is 17.1 Å². The van der Waals surface area contributed by atoms with E-state index in [-0.39, 0.29) is 6.61 Å². The summed E-state index contributed by atoms with van der Waals surface area (Å²) in [6.07, 6.45) is 3.58. The molecule has 1 aromatic carbocycles. The minimum Gasteiger partial charge on any atom is -0.388 e.